The molecule has 4 nitrogen and oxygen atoms in total. The molecule has 0 spiro atoms. The van der Waals surface area contributed by atoms with Crippen LogP contribution in [0.3, 0.4) is 0 Å². The van der Waals surface area contributed by atoms with Crippen LogP contribution in [-0.2, 0) is 19.1 Å². The van der Waals surface area contributed by atoms with E-state index in [-0.39, 0.29) is 41.7 Å². The zero-order chi connectivity index (χ0) is 21.2. The van der Waals surface area contributed by atoms with E-state index in [9.17, 15) is 23.2 Å². The Morgan fingerprint density at radius 2 is 1.96 bits per heavy atom. The number of hydrogen-bond acceptors (Lipinski definition) is 5. The molecule has 0 N–H and O–H groups in total. The number of carbonyl (C=O) groups excluding carboxylic acids is 3. The number of carbonyl (C=O) groups is 3. The number of alkyl halides is 2. The molecule has 0 amide bonds. The summed E-state index contributed by atoms with van der Waals surface area (Å²) < 4.78 is 32.3. The summed E-state index contributed by atoms with van der Waals surface area (Å²) >= 11 is 4.45. The van der Waals surface area contributed by atoms with Crippen molar-refractivity contribution in [3.8, 4) is 0 Å². The summed E-state index contributed by atoms with van der Waals surface area (Å²) in [5.41, 5.74) is 0. The minimum atomic E-state index is -3.28. The van der Waals surface area contributed by atoms with Crippen LogP contribution < -0.4 is 0 Å². The van der Waals surface area contributed by atoms with Crippen molar-refractivity contribution in [1.29, 1.82) is 0 Å². The lowest BCUT2D eigenvalue weighted by atomic mass is 9.86. The number of esters is 1. The average molecular weight is 419 g/mol. The van der Waals surface area contributed by atoms with Gasteiger partial charge in [0.2, 0.25) is 5.78 Å². The third-order valence-corrected chi connectivity index (χ3v) is 5.89. The molecular formula is C21H32F2O4S. The van der Waals surface area contributed by atoms with Crippen molar-refractivity contribution in [1.82, 2.24) is 0 Å². The standard InChI is InChI=1S/C21H32F2O4S/c1-3-4-13-21(22,23)19(25)12-11-16-15(17(24)14-18(16)28)9-7-5-6-8-10-20(26)27-2/h5,7,15-16,18,28H,3-4,6,8-14H2,1-2H3/b7-5-. The minimum Gasteiger partial charge on any atom is -0.469 e. The third kappa shape index (κ3) is 8.02. The van der Waals surface area contributed by atoms with Gasteiger partial charge in [-0.25, -0.2) is 0 Å². The third-order valence-electron chi connectivity index (χ3n) is 5.33. The van der Waals surface area contributed by atoms with E-state index in [0.717, 1.165) is 0 Å². The molecule has 0 aromatic heterocycles. The maximum Gasteiger partial charge on any atom is 0.305 e. The van der Waals surface area contributed by atoms with Crippen LogP contribution in [0.2, 0.25) is 0 Å². The molecule has 7 heteroatoms. The number of Topliss-reactive ketones (excluding diaryl/α,β-unsaturated/α-hetero) is 2. The fraction of sp³-hybridized carbons (Fsp3) is 0.762. The summed E-state index contributed by atoms with van der Waals surface area (Å²) in [6, 6.07) is 0. The van der Waals surface area contributed by atoms with E-state index in [1.807, 2.05) is 19.1 Å². The lowest BCUT2D eigenvalue weighted by Crippen LogP contribution is -2.30. The second-order valence-corrected chi connectivity index (χ2v) is 8.12. The maximum absolute atomic E-state index is 13.9. The van der Waals surface area contributed by atoms with Gasteiger partial charge in [0, 0.05) is 36.9 Å². The topological polar surface area (TPSA) is 60.4 Å². The number of ketones is 2. The second-order valence-electron chi connectivity index (χ2n) is 7.45. The van der Waals surface area contributed by atoms with Gasteiger partial charge >= 0.3 is 11.9 Å². The molecule has 3 atom stereocenters. The van der Waals surface area contributed by atoms with Crippen molar-refractivity contribution >= 4 is 30.2 Å². The molecule has 0 aromatic rings. The maximum atomic E-state index is 13.9. The van der Waals surface area contributed by atoms with E-state index in [1.54, 1.807) is 0 Å². The predicted molar refractivity (Wildman–Crippen MR) is 108 cm³/mol. The van der Waals surface area contributed by atoms with E-state index in [4.69, 9.17) is 0 Å². The molecule has 0 aromatic carbocycles. The van der Waals surface area contributed by atoms with Crippen LogP contribution in [0.5, 0.6) is 0 Å². The quantitative estimate of drug-likeness (QED) is 0.199. The fourth-order valence-corrected chi connectivity index (χ4v) is 4.10. The Morgan fingerprint density at radius 3 is 2.61 bits per heavy atom. The monoisotopic (exact) mass is 418 g/mol. The van der Waals surface area contributed by atoms with Gasteiger partial charge in [0.1, 0.15) is 5.78 Å². The van der Waals surface area contributed by atoms with Crippen LogP contribution in [0.1, 0.15) is 71.1 Å². The number of hydrogen-bond donors (Lipinski definition) is 1. The van der Waals surface area contributed by atoms with Gasteiger partial charge in [-0.05, 0) is 38.0 Å². The highest BCUT2D eigenvalue weighted by Crippen LogP contribution is 2.39. The van der Waals surface area contributed by atoms with Crippen molar-refractivity contribution in [2.75, 3.05) is 7.11 Å². The van der Waals surface area contributed by atoms with E-state index >= 15 is 0 Å². The van der Waals surface area contributed by atoms with E-state index < -0.39 is 18.1 Å². The molecule has 0 radical (unpaired) electrons. The molecule has 0 saturated heterocycles. The Labute approximate surface area is 171 Å². The highest BCUT2D eigenvalue weighted by atomic mass is 32.1. The number of ether oxygens (including phenoxy) is 1. The molecule has 28 heavy (non-hydrogen) atoms. The van der Waals surface area contributed by atoms with E-state index in [1.165, 1.54) is 7.11 Å². The van der Waals surface area contributed by atoms with Crippen molar-refractivity contribution in [2.45, 2.75) is 82.3 Å². The number of unbranched alkanes of at least 4 members (excludes halogenated alkanes) is 2. The molecule has 1 fully saturated rings. The molecule has 1 aliphatic carbocycles. The van der Waals surface area contributed by atoms with Gasteiger partial charge in [0.25, 0.3) is 0 Å². The van der Waals surface area contributed by atoms with Crippen molar-refractivity contribution in [3.63, 3.8) is 0 Å². The minimum absolute atomic E-state index is 0.0782. The first kappa shape index (κ1) is 24.8. The first-order chi connectivity index (χ1) is 13.2. The van der Waals surface area contributed by atoms with Gasteiger partial charge < -0.3 is 4.74 Å². The van der Waals surface area contributed by atoms with Crippen molar-refractivity contribution < 1.29 is 27.9 Å². The van der Waals surface area contributed by atoms with Gasteiger partial charge in [0.15, 0.2) is 0 Å². The SMILES string of the molecule is CCCCC(F)(F)C(=O)CCC1C(S)CC(=O)C1C/C=C\CCCC(=O)OC. The molecule has 3 unspecified atom stereocenters. The zero-order valence-electron chi connectivity index (χ0n) is 16.8. The summed E-state index contributed by atoms with van der Waals surface area (Å²) in [6.07, 6.45) is 6.94. The largest absolute Gasteiger partial charge is 0.469 e. The predicted octanol–water partition coefficient (Wildman–Crippen LogP) is 4.95. The van der Waals surface area contributed by atoms with Crippen molar-refractivity contribution in [3.05, 3.63) is 12.2 Å². The normalized spacial score (nSPS) is 22.8. The highest BCUT2D eigenvalue weighted by Gasteiger charge is 2.42. The lowest BCUT2D eigenvalue weighted by Gasteiger charge is -2.21. The molecular weight excluding hydrogens is 386 g/mol. The summed E-state index contributed by atoms with van der Waals surface area (Å²) in [4.78, 5) is 35.2. The first-order valence-electron chi connectivity index (χ1n) is 10.1. The van der Waals surface area contributed by atoms with Crippen LogP contribution in [0, 0.1) is 11.8 Å². The Balaban J connectivity index is 2.51. The summed E-state index contributed by atoms with van der Waals surface area (Å²) in [5.74, 6) is -4.93. The first-order valence-corrected chi connectivity index (χ1v) is 10.6. The molecule has 1 rings (SSSR count). The number of thiol groups is 1. The van der Waals surface area contributed by atoms with Gasteiger partial charge in [-0.15, -0.1) is 0 Å². The Hall–Kier alpha value is -1.24. The number of methoxy groups -OCH3 is 1. The smallest absolute Gasteiger partial charge is 0.305 e. The molecule has 1 saturated carbocycles. The van der Waals surface area contributed by atoms with Gasteiger partial charge in [-0.3, -0.25) is 14.4 Å². The summed E-state index contributed by atoms with van der Waals surface area (Å²) in [7, 11) is 1.35. The highest BCUT2D eigenvalue weighted by molar-refractivity contribution is 7.81. The molecule has 0 bridgehead atoms. The molecule has 0 aliphatic heterocycles. The number of allylic oxidation sites excluding steroid dienone is 2. The van der Waals surface area contributed by atoms with Crippen LogP contribution in [-0.4, -0.2) is 35.8 Å². The number of rotatable bonds is 13. The zero-order valence-corrected chi connectivity index (χ0v) is 17.7. The average Bonchev–Trinajstić information content (AvgIpc) is 2.93. The van der Waals surface area contributed by atoms with Gasteiger partial charge in [-0.2, -0.15) is 21.4 Å². The number of halogens is 2. The van der Waals surface area contributed by atoms with Crippen LogP contribution >= 0.6 is 12.6 Å². The van der Waals surface area contributed by atoms with Crippen LogP contribution in [0.4, 0.5) is 8.78 Å². The van der Waals surface area contributed by atoms with Crippen LogP contribution in [0.15, 0.2) is 12.2 Å². The van der Waals surface area contributed by atoms with E-state index in [0.29, 0.717) is 44.9 Å². The Bertz CT molecular complexity index is 563. The molecule has 0 heterocycles. The Morgan fingerprint density at radius 1 is 1.25 bits per heavy atom. The second kappa shape index (κ2) is 12.3. The van der Waals surface area contributed by atoms with Crippen molar-refractivity contribution in [2.24, 2.45) is 11.8 Å². The Kier molecular flexibility index (Phi) is 10.9. The summed E-state index contributed by atoms with van der Waals surface area (Å²) in [6.45, 7) is 1.81. The fourth-order valence-electron chi connectivity index (χ4n) is 3.56. The van der Waals surface area contributed by atoms with Gasteiger partial charge in [0.05, 0.1) is 7.11 Å². The molecule has 1 aliphatic rings. The summed E-state index contributed by atoms with van der Waals surface area (Å²) in [5, 5.41) is -0.192. The van der Waals surface area contributed by atoms with Gasteiger partial charge in [-0.1, -0.05) is 25.5 Å². The lowest BCUT2D eigenvalue weighted by molar-refractivity contribution is -0.144. The van der Waals surface area contributed by atoms with E-state index in [2.05, 4.69) is 17.4 Å². The van der Waals surface area contributed by atoms with Crippen LogP contribution in [0.25, 0.3) is 0 Å². The molecule has 160 valence electrons.